The van der Waals surface area contributed by atoms with Crippen molar-refractivity contribution in [1.82, 2.24) is 0 Å². The molecule has 3 heterocycles. The van der Waals surface area contributed by atoms with Gasteiger partial charge in [-0.05, 0) is 26.2 Å². The quantitative estimate of drug-likeness (QED) is 0.123. The second-order valence-corrected chi connectivity index (χ2v) is 12.9. The molecule has 43 heavy (non-hydrogen) atoms. The van der Waals surface area contributed by atoms with Crippen molar-refractivity contribution in [3.05, 3.63) is 0 Å². The highest BCUT2D eigenvalue weighted by molar-refractivity contribution is 4.99. The first-order valence-electron chi connectivity index (χ1n) is 15.0. The molecule has 0 aromatic rings. The predicted molar refractivity (Wildman–Crippen MR) is 140 cm³/mol. The summed E-state index contributed by atoms with van der Waals surface area (Å²) in [6.07, 6.45) is -21.3. The second kappa shape index (κ2) is 13.6. The van der Waals surface area contributed by atoms with Crippen LogP contribution >= 0.6 is 0 Å². The van der Waals surface area contributed by atoms with Gasteiger partial charge >= 0.3 is 0 Å². The third kappa shape index (κ3) is 6.90. The maximum Gasteiger partial charge on any atom is 0.187 e. The first-order chi connectivity index (χ1) is 20.3. The van der Waals surface area contributed by atoms with Crippen molar-refractivity contribution in [3.63, 3.8) is 0 Å². The van der Waals surface area contributed by atoms with Crippen LogP contribution in [0.5, 0.6) is 0 Å². The monoisotopic (exact) mass is 627 g/mol. The van der Waals surface area contributed by atoms with Crippen molar-refractivity contribution in [2.75, 3.05) is 6.61 Å². The lowest BCUT2D eigenvalue weighted by molar-refractivity contribution is -0.363. The molecule has 0 amide bonds. The summed E-state index contributed by atoms with van der Waals surface area (Å²) in [6.45, 7) is 0.998. The van der Waals surface area contributed by atoms with E-state index in [0.717, 1.165) is 0 Å². The van der Waals surface area contributed by atoms with Crippen molar-refractivity contribution >= 4 is 0 Å². The average molecular weight is 628 g/mol. The zero-order valence-corrected chi connectivity index (χ0v) is 23.8. The lowest BCUT2D eigenvalue weighted by Gasteiger charge is -2.49. The highest BCUT2D eigenvalue weighted by Gasteiger charge is 2.55. The molecule has 16 nitrogen and oxygen atoms in total. The predicted octanol–water partition coefficient (Wildman–Crippen LogP) is -5.68. The molecule has 3 aliphatic heterocycles. The molecular weight excluding hydrogens is 580 g/mol. The molecule has 16 heteroatoms. The number of aliphatic hydroxyl groups is 13. The van der Waals surface area contributed by atoms with Gasteiger partial charge in [0.1, 0.15) is 54.9 Å². The highest BCUT2D eigenvalue weighted by atomic mass is 16.7. The number of hydrogen-bond acceptors (Lipinski definition) is 15. The Labute approximate surface area is 248 Å². The fraction of sp³-hybridized carbons (Fsp3) is 1.00. The molecule has 0 aromatic heterocycles. The van der Waals surface area contributed by atoms with Crippen molar-refractivity contribution in [1.29, 1.82) is 0 Å². The van der Waals surface area contributed by atoms with Crippen LogP contribution in [-0.2, 0) is 18.9 Å². The van der Waals surface area contributed by atoms with Crippen LogP contribution in [0.3, 0.4) is 0 Å². The van der Waals surface area contributed by atoms with Crippen LogP contribution in [-0.4, -0.2) is 178 Å². The van der Waals surface area contributed by atoms with Gasteiger partial charge in [0.05, 0.1) is 43.0 Å². The van der Waals surface area contributed by atoms with Crippen LogP contribution in [0.4, 0.5) is 0 Å². The Morgan fingerprint density at radius 3 is 1.93 bits per heavy atom. The van der Waals surface area contributed by atoms with Gasteiger partial charge in [-0.25, -0.2) is 0 Å². The molecular formula is C27H47O16+. The summed E-state index contributed by atoms with van der Waals surface area (Å²) in [4.78, 5) is 0. The summed E-state index contributed by atoms with van der Waals surface area (Å²) in [6, 6.07) is 0. The number of fused-ring (bicyclic) bond motifs is 1. The zero-order chi connectivity index (χ0) is 31.3. The summed E-state index contributed by atoms with van der Waals surface area (Å²) in [5.41, 5.74) is 0. The molecule has 2 aliphatic carbocycles. The van der Waals surface area contributed by atoms with Gasteiger partial charge in [-0.15, -0.1) is 0 Å². The van der Waals surface area contributed by atoms with Gasteiger partial charge in [0.2, 0.25) is 0 Å². The van der Waals surface area contributed by atoms with Gasteiger partial charge in [-0.3, -0.25) is 0 Å². The number of ether oxygens (including phenoxy) is 5. The molecule has 5 fully saturated rings. The van der Waals surface area contributed by atoms with E-state index in [2.05, 4.69) is 0 Å². The fourth-order valence-corrected chi connectivity index (χ4v) is 7.24. The molecule has 0 radical (unpaired) electrons. The standard InChI is InChI=1S/C27H46O16/c1-8-18(32)21(35)23(37)26(40-8)39-7-17-20(34)22(36)24(38)27(43-17)42-16-6-11-12(29)4-10(28)5-15(11)41-25(16)9-2-13(30)19(33)14(31)3-9/h8-38H,2-7H2,1H3/p+1/t8-,9?,10?,11?,12?,13?,14?,15?,16?,17-,18+,19?,20+,21-,22+,23+,24-,25?,26-,27+/m0/s1. The second-order valence-electron chi connectivity index (χ2n) is 12.9. The lowest BCUT2D eigenvalue weighted by atomic mass is 9.72. The Hall–Kier alpha value is -0.640. The normalized spacial score (nSPS) is 56.4. The topological polar surface area (TPSA) is 272 Å². The maximum absolute atomic E-state index is 10.8. The van der Waals surface area contributed by atoms with Crippen molar-refractivity contribution < 1.29 is 79.9 Å². The van der Waals surface area contributed by atoms with E-state index >= 15 is 0 Å². The molecule has 0 spiro atoms. The number of rotatable bonds is 6. The first kappa shape index (κ1) is 33.7. The Morgan fingerprint density at radius 2 is 1.26 bits per heavy atom. The molecule has 5 aliphatic rings. The third-order valence-electron chi connectivity index (χ3n) is 9.84. The van der Waals surface area contributed by atoms with Crippen molar-refractivity contribution in [2.24, 2.45) is 11.8 Å². The Morgan fingerprint density at radius 1 is 0.628 bits per heavy atom. The van der Waals surface area contributed by atoms with Gasteiger partial charge in [-0.2, -0.15) is 0 Å². The lowest BCUT2D eigenvalue weighted by Crippen LogP contribution is -2.64. The molecule has 2 saturated carbocycles. The highest BCUT2D eigenvalue weighted by Crippen LogP contribution is 2.42. The largest absolute Gasteiger partial charge is 0.427 e. The van der Waals surface area contributed by atoms with Crippen molar-refractivity contribution in [3.8, 4) is 0 Å². The smallest absolute Gasteiger partial charge is 0.187 e. The van der Waals surface area contributed by atoms with E-state index in [9.17, 15) is 56.2 Å². The summed E-state index contributed by atoms with van der Waals surface area (Å²) in [5, 5.41) is 114. The van der Waals surface area contributed by atoms with Gasteiger partial charge in [0.25, 0.3) is 0 Å². The summed E-state index contributed by atoms with van der Waals surface area (Å²) in [7, 11) is 0. The Bertz CT molecular complexity index is 902. The number of aliphatic hydroxyl groups excluding tert-OH is 11. The summed E-state index contributed by atoms with van der Waals surface area (Å²) in [5.74, 6) is -0.877. The molecule has 0 bridgehead atoms. The minimum absolute atomic E-state index is 0.0866. The van der Waals surface area contributed by atoms with Crippen LogP contribution in [0.1, 0.15) is 39.0 Å². The third-order valence-corrected chi connectivity index (χ3v) is 9.84. The molecule has 8 unspecified atom stereocenters. The van der Waals surface area contributed by atoms with Gasteiger partial charge in [-0.1, -0.05) is 0 Å². The van der Waals surface area contributed by atoms with Gasteiger partial charge < -0.3 is 79.9 Å². The molecule has 3 saturated heterocycles. The summed E-state index contributed by atoms with van der Waals surface area (Å²) >= 11 is 0. The van der Waals surface area contributed by atoms with E-state index in [1.54, 1.807) is 0 Å². The Kier molecular flexibility index (Phi) is 10.7. The maximum atomic E-state index is 10.8. The molecule has 250 valence electrons. The molecule has 18 atom stereocenters. The summed E-state index contributed by atoms with van der Waals surface area (Å²) < 4.78 is 27.8. The molecule has 0 aromatic carbocycles. The van der Waals surface area contributed by atoms with E-state index in [0.29, 0.717) is 6.42 Å². The van der Waals surface area contributed by atoms with Gasteiger partial charge in [0.15, 0.2) is 24.8 Å². The van der Waals surface area contributed by atoms with Crippen LogP contribution in [0.15, 0.2) is 0 Å². The van der Waals surface area contributed by atoms with Gasteiger partial charge in [0, 0.05) is 18.8 Å². The molecule has 5 rings (SSSR count). The minimum Gasteiger partial charge on any atom is -0.427 e. The first-order valence-corrected chi connectivity index (χ1v) is 15.0. The van der Waals surface area contributed by atoms with Crippen LogP contribution in [0.25, 0.3) is 0 Å². The van der Waals surface area contributed by atoms with Crippen LogP contribution in [0.2, 0.25) is 0 Å². The van der Waals surface area contributed by atoms with E-state index < -0.39 is 129 Å². The van der Waals surface area contributed by atoms with E-state index in [4.69, 9.17) is 23.7 Å². The van der Waals surface area contributed by atoms with E-state index in [-0.39, 0.29) is 25.7 Å². The fourth-order valence-electron chi connectivity index (χ4n) is 7.24. The number of hydrogen-bond donors (Lipinski definition) is 11. The SMILES string of the molecule is C[C@@H]1O[C@H](OC[C@@H]2O[C@@H](OC3CC4C(O)CC(O)CC4[OH+]C3C3CC(O)C(O)C(O)C3)[C@@H](O)[C@H](O)[C@@H]2O)[C@H](O)[C@@H](O)[C@@H]1O. The average Bonchev–Trinajstić information content (AvgIpc) is 2.96. The van der Waals surface area contributed by atoms with Crippen molar-refractivity contribution in [2.45, 2.75) is 149 Å². The minimum atomic E-state index is -1.74. The van der Waals surface area contributed by atoms with E-state index in [1.807, 2.05) is 0 Å². The van der Waals surface area contributed by atoms with E-state index in [1.165, 1.54) is 6.92 Å². The van der Waals surface area contributed by atoms with Crippen LogP contribution in [0, 0.1) is 11.8 Å². The Balaban J connectivity index is 1.30. The van der Waals surface area contributed by atoms with Crippen LogP contribution < -0.4 is 0 Å². The molecule has 12 N–H and O–H groups in total. The zero-order valence-electron chi connectivity index (χ0n) is 23.8.